The van der Waals surface area contributed by atoms with Crippen LogP contribution in [0.3, 0.4) is 0 Å². The van der Waals surface area contributed by atoms with Crippen LogP contribution < -0.4 is 4.90 Å². The van der Waals surface area contributed by atoms with Gasteiger partial charge in [0, 0.05) is 18.7 Å². The molecule has 0 aromatic carbocycles. The van der Waals surface area contributed by atoms with E-state index >= 15 is 0 Å². The van der Waals surface area contributed by atoms with Crippen molar-refractivity contribution >= 4 is 28.3 Å². The summed E-state index contributed by atoms with van der Waals surface area (Å²) in [5.74, 6) is -0.0870. The lowest BCUT2D eigenvalue weighted by molar-refractivity contribution is -0.111. The number of hydrogen-bond donors (Lipinski definition) is 1. The molecule has 1 aromatic rings. The lowest BCUT2D eigenvalue weighted by Crippen LogP contribution is -2.36. The average Bonchev–Trinajstić information content (AvgIpc) is 2.68. The average molecular weight is 290 g/mol. The van der Waals surface area contributed by atoms with Gasteiger partial charge in [-0.05, 0) is 32.4 Å². The predicted molar refractivity (Wildman–Crippen MR) is 83.2 cm³/mol. The SMILES string of the molecule is C/C=C\C(=O)C(=Cc1sc(N2CCC2)nc1O)/C=C\C. The highest BCUT2D eigenvalue weighted by atomic mass is 32.1. The van der Waals surface area contributed by atoms with Gasteiger partial charge in [-0.1, -0.05) is 29.6 Å². The Morgan fingerprint density at radius 1 is 1.30 bits per heavy atom. The van der Waals surface area contributed by atoms with Crippen LogP contribution in [0.2, 0.25) is 0 Å². The summed E-state index contributed by atoms with van der Waals surface area (Å²) in [6.45, 7) is 5.62. The highest BCUT2D eigenvalue weighted by molar-refractivity contribution is 7.16. The van der Waals surface area contributed by atoms with E-state index in [-0.39, 0.29) is 11.7 Å². The van der Waals surface area contributed by atoms with Gasteiger partial charge in [-0.15, -0.1) is 0 Å². The van der Waals surface area contributed by atoms with E-state index in [2.05, 4.69) is 9.88 Å². The molecule has 1 aliphatic rings. The molecule has 1 N–H and O–H groups in total. The molecular formula is C15H18N2O2S. The second kappa shape index (κ2) is 6.52. The third-order valence-electron chi connectivity index (χ3n) is 2.99. The lowest BCUT2D eigenvalue weighted by atomic mass is 10.1. The molecule has 106 valence electrons. The zero-order chi connectivity index (χ0) is 14.5. The molecule has 2 rings (SSSR count). The monoisotopic (exact) mass is 290 g/mol. The molecule has 1 aliphatic heterocycles. The number of thiazole rings is 1. The van der Waals surface area contributed by atoms with Crippen LogP contribution in [0, 0.1) is 0 Å². The van der Waals surface area contributed by atoms with E-state index in [4.69, 9.17) is 0 Å². The second-order valence-corrected chi connectivity index (χ2v) is 5.50. The summed E-state index contributed by atoms with van der Waals surface area (Å²) in [5.41, 5.74) is 0.541. The van der Waals surface area contributed by atoms with Gasteiger partial charge in [0.05, 0.1) is 4.88 Å². The van der Waals surface area contributed by atoms with Crippen LogP contribution in [0.15, 0.2) is 29.9 Å². The Morgan fingerprint density at radius 2 is 2.00 bits per heavy atom. The zero-order valence-electron chi connectivity index (χ0n) is 11.7. The van der Waals surface area contributed by atoms with Gasteiger partial charge < -0.3 is 10.0 Å². The summed E-state index contributed by atoms with van der Waals surface area (Å²) in [7, 11) is 0. The number of ketones is 1. The van der Waals surface area contributed by atoms with Crippen molar-refractivity contribution in [2.45, 2.75) is 20.3 Å². The fourth-order valence-electron chi connectivity index (χ4n) is 1.82. The van der Waals surface area contributed by atoms with Crippen LogP contribution >= 0.6 is 11.3 Å². The highest BCUT2D eigenvalue weighted by Crippen LogP contribution is 2.34. The third-order valence-corrected chi connectivity index (χ3v) is 4.04. The van der Waals surface area contributed by atoms with Crippen LogP contribution in [0.1, 0.15) is 25.1 Å². The van der Waals surface area contributed by atoms with Gasteiger partial charge in [0.1, 0.15) is 0 Å². The molecule has 0 aliphatic carbocycles. The second-order valence-electron chi connectivity index (χ2n) is 4.49. The minimum atomic E-state index is -0.0797. The first-order chi connectivity index (χ1) is 9.65. The summed E-state index contributed by atoms with van der Waals surface area (Å²) in [6.07, 6.45) is 9.62. The molecule has 0 unspecified atom stereocenters. The summed E-state index contributed by atoms with van der Waals surface area (Å²) in [5, 5.41) is 10.7. The van der Waals surface area contributed by atoms with Gasteiger partial charge in [0.2, 0.25) is 5.88 Å². The number of nitrogens with zero attached hydrogens (tertiary/aromatic N) is 2. The Balaban J connectivity index is 2.30. The van der Waals surface area contributed by atoms with E-state index in [9.17, 15) is 9.90 Å². The normalized spacial score (nSPS) is 16.1. The largest absolute Gasteiger partial charge is 0.492 e. The van der Waals surface area contributed by atoms with Crippen LogP contribution in [-0.2, 0) is 4.79 Å². The summed E-state index contributed by atoms with van der Waals surface area (Å²) in [4.78, 5) is 18.8. The fourth-order valence-corrected chi connectivity index (χ4v) is 2.78. The summed E-state index contributed by atoms with van der Waals surface area (Å²) < 4.78 is 0. The van der Waals surface area contributed by atoms with Crippen molar-refractivity contribution in [3.63, 3.8) is 0 Å². The van der Waals surface area contributed by atoms with E-state index in [0.717, 1.165) is 24.6 Å². The number of carbonyl (C=O) groups is 1. The molecule has 2 heterocycles. The van der Waals surface area contributed by atoms with Gasteiger partial charge in [0.25, 0.3) is 0 Å². The van der Waals surface area contributed by atoms with Crippen molar-refractivity contribution in [1.29, 1.82) is 0 Å². The molecule has 0 spiro atoms. The Morgan fingerprint density at radius 3 is 2.55 bits per heavy atom. The Hall–Kier alpha value is -1.88. The Bertz CT molecular complexity index is 581. The van der Waals surface area contributed by atoms with Crippen molar-refractivity contribution in [2.24, 2.45) is 0 Å². The number of hydrogen-bond acceptors (Lipinski definition) is 5. The third kappa shape index (κ3) is 3.17. The lowest BCUT2D eigenvalue weighted by Gasteiger charge is -2.29. The maximum Gasteiger partial charge on any atom is 0.231 e. The van der Waals surface area contributed by atoms with Crippen molar-refractivity contribution < 1.29 is 9.90 Å². The van der Waals surface area contributed by atoms with Gasteiger partial charge in [-0.25, -0.2) is 0 Å². The number of allylic oxidation sites excluding steroid dienone is 5. The minimum absolute atomic E-state index is 0.00724. The quantitative estimate of drug-likeness (QED) is 0.668. The van der Waals surface area contributed by atoms with Crippen molar-refractivity contribution in [1.82, 2.24) is 4.98 Å². The Kier molecular flexibility index (Phi) is 4.74. The number of aromatic nitrogens is 1. The summed E-state index contributed by atoms with van der Waals surface area (Å²) in [6, 6.07) is 0. The topological polar surface area (TPSA) is 53.4 Å². The van der Waals surface area contributed by atoms with E-state index in [1.54, 1.807) is 25.2 Å². The van der Waals surface area contributed by atoms with Crippen LogP contribution in [-0.4, -0.2) is 29.0 Å². The molecule has 0 saturated carbocycles. The number of carbonyl (C=O) groups excluding carboxylic acids is 1. The van der Waals surface area contributed by atoms with Crippen LogP contribution in [0.4, 0.5) is 5.13 Å². The molecule has 1 fully saturated rings. The van der Waals surface area contributed by atoms with Crippen LogP contribution in [0.5, 0.6) is 5.88 Å². The molecule has 0 amide bonds. The standard InChI is InChI=1S/C15H18N2O2S/c1-3-6-11(12(18)7-4-2)10-13-14(19)16-15(20-13)17-8-5-9-17/h3-4,6-7,10,19H,5,8-9H2,1-2H3/b6-3-,7-4-,11-10?. The Labute approximate surface area is 122 Å². The van der Waals surface area contributed by atoms with Gasteiger partial charge in [-0.3, -0.25) is 4.79 Å². The molecule has 5 heteroatoms. The van der Waals surface area contributed by atoms with Gasteiger partial charge >= 0.3 is 0 Å². The van der Waals surface area contributed by atoms with Crippen molar-refractivity contribution in [3.8, 4) is 5.88 Å². The predicted octanol–water partition coefficient (Wildman–Crippen LogP) is 3.16. The van der Waals surface area contributed by atoms with E-state index in [1.165, 1.54) is 17.4 Å². The summed E-state index contributed by atoms with van der Waals surface area (Å²) >= 11 is 1.41. The first kappa shape index (κ1) is 14.5. The van der Waals surface area contributed by atoms with Gasteiger partial charge in [0.15, 0.2) is 10.9 Å². The first-order valence-corrected chi connectivity index (χ1v) is 7.43. The van der Waals surface area contributed by atoms with Gasteiger partial charge in [-0.2, -0.15) is 4.98 Å². The maximum atomic E-state index is 11.9. The molecular weight excluding hydrogens is 272 g/mol. The van der Waals surface area contributed by atoms with Crippen molar-refractivity contribution in [3.05, 3.63) is 34.8 Å². The first-order valence-electron chi connectivity index (χ1n) is 6.62. The maximum absolute atomic E-state index is 11.9. The highest BCUT2D eigenvalue weighted by Gasteiger charge is 2.20. The van der Waals surface area contributed by atoms with Crippen LogP contribution in [0.25, 0.3) is 6.08 Å². The molecule has 1 saturated heterocycles. The van der Waals surface area contributed by atoms with Crippen molar-refractivity contribution in [2.75, 3.05) is 18.0 Å². The zero-order valence-corrected chi connectivity index (χ0v) is 12.5. The number of rotatable bonds is 5. The smallest absolute Gasteiger partial charge is 0.231 e. The minimum Gasteiger partial charge on any atom is -0.492 e. The fraction of sp³-hybridized carbons (Fsp3) is 0.333. The number of aromatic hydroxyl groups is 1. The molecule has 0 radical (unpaired) electrons. The molecule has 0 bridgehead atoms. The molecule has 0 atom stereocenters. The number of anilines is 1. The van der Waals surface area contributed by atoms with E-state index < -0.39 is 0 Å². The molecule has 20 heavy (non-hydrogen) atoms. The van der Waals surface area contributed by atoms with E-state index in [1.807, 2.05) is 13.0 Å². The van der Waals surface area contributed by atoms with E-state index in [0.29, 0.717) is 10.5 Å². The molecule has 1 aromatic heterocycles. The molecule has 4 nitrogen and oxygen atoms in total.